The van der Waals surface area contributed by atoms with Gasteiger partial charge in [0.1, 0.15) is 23.4 Å². The van der Waals surface area contributed by atoms with Crippen LogP contribution in [0.25, 0.3) is 0 Å². The van der Waals surface area contributed by atoms with E-state index in [0.29, 0.717) is 41.1 Å². The molecule has 3 fully saturated rings. The molecule has 2 N–H and O–H groups in total. The standard InChI is InChI=1S/C20H22N6O5S2/c1-24-9-21-23-20(24)33-8-13(27)22-14-17(29)26-15(19(30)31)11(7-32-18(14)26)6-10-4-5-25(16(10)28)12-2-3-12/h6,9,12,14,18H,2-5,7-8H2,1H3,(H,22,27)(H,30,31)/t14-,18-/m1/s1. The molecule has 0 bridgehead atoms. The summed E-state index contributed by atoms with van der Waals surface area (Å²) in [4.78, 5) is 52.9. The number of aliphatic carboxylic acids is 1. The summed E-state index contributed by atoms with van der Waals surface area (Å²) < 4.78 is 1.68. The third kappa shape index (κ3) is 4.03. The maximum atomic E-state index is 12.8. The summed E-state index contributed by atoms with van der Waals surface area (Å²) in [6.07, 6.45) is 5.80. The number of amides is 3. The zero-order valence-electron chi connectivity index (χ0n) is 17.8. The van der Waals surface area contributed by atoms with Gasteiger partial charge >= 0.3 is 5.97 Å². The molecule has 5 rings (SSSR count). The summed E-state index contributed by atoms with van der Waals surface area (Å²) >= 11 is 2.58. The van der Waals surface area contributed by atoms with Crippen LogP contribution in [0.1, 0.15) is 19.3 Å². The lowest BCUT2D eigenvalue weighted by Crippen LogP contribution is -2.70. The molecule has 2 saturated heterocycles. The van der Waals surface area contributed by atoms with Crippen molar-refractivity contribution in [2.75, 3.05) is 18.1 Å². The van der Waals surface area contributed by atoms with Gasteiger partial charge in [-0.2, -0.15) is 0 Å². The second-order valence-corrected chi connectivity index (χ2v) is 10.3. The zero-order valence-corrected chi connectivity index (χ0v) is 19.4. The lowest BCUT2D eigenvalue weighted by Gasteiger charge is -2.49. The van der Waals surface area contributed by atoms with E-state index in [1.54, 1.807) is 17.7 Å². The van der Waals surface area contributed by atoms with E-state index in [0.717, 1.165) is 12.8 Å². The Morgan fingerprint density at radius 3 is 2.82 bits per heavy atom. The largest absolute Gasteiger partial charge is 0.477 e. The monoisotopic (exact) mass is 490 g/mol. The molecule has 2 atom stereocenters. The molecule has 4 aliphatic rings. The third-order valence-electron chi connectivity index (χ3n) is 6.01. The second kappa shape index (κ2) is 8.52. The van der Waals surface area contributed by atoms with Crippen LogP contribution in [0.3, 0.4) is 0 Å². The molecule has 1 aromatic heterocycles. The Balaban J connectivity index is 1.27. The number of likely N-dealkylation sites (tertiary alicyclic amines) is 1. The molecule has 13 heteroatoms. The Bertz CT molecular complexity index is 1110. The first-order valence-corrected chi connectivity index (χ1v) is 12.6. The minimum absolute atomic E-state index is 0.0395. The first-order chi connectivity index (χ1) is 15.8. The summed E-state index contributed by atoms with van der Waals surface area (Å²) in [6.45, 7) is 0.657. The molecule has 11 nitrogen and oxygen atoms in total. The molecule has 174 valence electrons. The van der Waals surface area contributed by atoms with E-state index in [2.05, 4.69) is 15.5 Å². The number of hydrogen-bond acceptors (Lipinski definition) is 8. The number of nitrogens with zero attached hydrogens (tertiary/aromatic N) is 5. The van der Waals surface area contributed by atoms with Crippen LogP contribution in [-0.2, 0) is 26.2 Å². The number of carboxylic acids is 1. The predicted octanol–water partition coefficient (Wildman–Crippen LogP) is -0.0331. The van der Waals surface area contributed by atoms with E-state index in [9.17, 15) is 24.3 Å². The molecule has 1 aliphatic carbocycles. The van der Waals surface area contributed by atoms with E-state index in [1.165, 1.54) is 34.8 Å². The molecule has 33 heavy (non-hydrogen) atoms. The van der Waals surface area contributed by atoms with Gasteiger partial charge in [-0.15, -0.1) is 22.0 Å². The van der Waals surface area contributed by atoms with Gasteiger partial charge in [-0.1, -0.05) is 11.8 Å². The highest BCUT2D eigenvalue weighted by atomic mass is 32.2. The van der Waals surface area contributed by atoms with E-state index in [-0.39, 0.29) is 23.3 Å². The normalized spacial score (nSPS) is 26.0. The SMILES string of the molecule is Cn1cnnc1SCC(=O)N[C@@H]1C(=O)N2C(C(=O)O)=C(C=C3CCN(C4CC4)C3=O)CS[C@H]12. The first kappa shape index (κ1) is 22.0. The molecule has 3 amide bonds. The van der Waals surface area contributed by atoms with Crippen LogP contribution < -0.4 is 5.32 Å². The Labute approximate surface area is 197 Å². The Hall–Kier alpha value is -2.80. The molecule has 1 saturated carbocycles. The molecular formula is C20H22N6O5S2. The molecule has 0 aromatic carbocycles. The van der Waals surface area contributed by atoms with Crippen molar-refractivity contribution in [1.29, 1.82) is 0 Å². The predicted molar refractivity (Wildman–Crippen MR) is 119 cm³/mol. The summed E-state index contributed by atoms with van der Waals surface area (Å²) in [5.74, 6) is -1.65. The van der Waals surface area contributed by atoms with Gasteiger partial charge in [0.2, 0.25) is 11.8 Å². The fourth-order valence-electron chi connectivity index (χ4n) is 4.22. The summed E-state index contributed by atoms with van der Waals surface area (Å²) in [5.41, 5.74) is 0.946. The third-order valence-corrected chi connectivity index (χ3v) is 8.35. The summed E-state index contributed by atoms with van der Waals surface area (Å²) in [5, 5.41) is 20.3. The zero-order chi connectivity index (χ0) is 23.3. The van der Waals surface area contributed by atoms with Crippen molar-refractivity contribution in [3.63, 3.8) is 0 Å². The second-order valence-electron chi connectivity index (χ2n) is 8.30. The van der Waals surface area contributed by atoms with Gasteiger partial charge in [0, 0.05) is 31.0 Å². The average molecular weight is 491 g/mol. The van der Waals surface area contributed by atoms with Crippen LogP contribution in [0.15, 0.2) is 34.4 Å². The number of aromatic nitrogens is 3. The minimum atomic E-state index is -1.22. The van der Waals surface area contributed by atoms with Gasteiger partial charge in [0.05, 0.1) is 5.75 Å². The fraction of sp³-hybridized carbons (Fsp3) is 0.500. The molecular weight excluding hydrogens is 468 g/mol. The lowest BCUT2D eigenvalue weighted by molar-refractivity contribution is -0.150. The summed E-state index contributed by atoms with van der Waals surface area (Å²) in [6, 6.07) is -0.473. The molecule has 0 radical (unpaired) electrons. The molecule has 3 aliphatic heterocycles. The van der Waals surface area contributed by atoms with Crippen molar-refractivity contribution in [1.82, 2.24) is 29.9 Å². The maximum Gasteiger partial charge on any atom is 0.352 e. The van der Waals surface area contributed by atoms with Gasteiger partial charge in [-0.25, -0.2) is 4.79 Å². The number of β-lactam (4-membered cyclic amide) rings is 1. The number of nitrogens with one attached hydrogen (secondary N) is 1. The van der Waals surface area contributed by atoms with Crippen LogP contribution in [-0.4, -0.2) is 88.9 Å². The van der Waals surface area contributed by atoms with Gasteiger partial charge in [0.15, 0.2) is 5.16 Å². The number of aryl methyl sites for hydroxylation is 1. The van der Waals surface area contributed by atoms with Gasteiger partial charge in [-0.3, -0.25) is 19.3 Å². The fourth-order valence-corrected chi connectivity index (χ4v) is 6.22. The van der Waals surface area contributed by atoms with Crippen molar-refractivity contribution in [2.24, 2.45) is 7.05 Å². The Kier molecular flexibility index (Phi) is 5.69. The average Bonchev–Trinajstić information content (AvgIpc) is 3.45. The highest BCUT2D eigenvalue weighted by Gasteiger charge is 2.54. The van der Waals surface area contributed by atoms with Crippen LogP contribution in [0.2, 0.25) is 0 Å². The van der Waals surface area contributed by atoms with Crippen molar-refractivity contribution in [3.05, 3.63) is 29.2 Å². The van der Waals surface area contributed by atoms with Crippen LogP contribution in [0, 0.1) is 0 Å². The number of carboxylic acid groups (broad SMARTS) is 1. The molecule has 1 aromatic rings. The number of hydrogen-bond donors (Lipinski definition) is 2. The van der Waals surface area contributed by atoms with Crippen molar-refractivity contribution in [2.45, 2.75) is 41.9 Å². The number of carbonyl (C=O) groups is 4. The van der Waals surface area contributed by atoms with Gasteiger partial charge in [0.25, 0.3) is 5.91 Å². The molecule has 4 heterocycles. The smallest absolute Gasteiger partial charge is 0.352 e. The number of thioether (sulfide) groups is 2. The van der Waals surface area contributed by atoms with Gasteiger partial charge < -0.3 is 19.9 Å². The lowest BCUT2D eigenvalue weighted by atomic mass is 10.0. The Morgan fingerprint density at radius 1 is 1.36 bits per heavy atom. The first-order valence-electron chi connectivity index (χ1n) is 10.5. The van der Waals surface area contributed by atoms with Crippen LogP contribution >= 0.6 is 23.5 Å². The molecule has 0 spiro atoms. The highest BCUT2D eigenvalue weighted by Crippen LogP contribution is 2.41. The topological polar surface area (TPSA) is 138 Å². The van der Waals surface area contributed by atoms with Crippen LogP contribution in [0.5, 0.6) is 0 Å². The Morgan fingerprint density at radius 2 is 2.15 bits per heavy atom. The van der Waals surface area contributed by atoms with E-state index >= 15 is 0 Å². The van der Waals surface area contributed by atoms with Crippen LogP contribution in [0.4, 0.5) is 0 Å². The van der Waals surface area contributed by atoms with Crippen molar-refractivity contribution in [3.8, 4) is 0 Å². The highest BCUT2D eigenvalue weighted by molar-refractivity contribution is 8.00. The summed E-state index contributed by atoms with van der Waals surface area (Å²) in [7, 11) is 1.77. The number of allylic oxidation sites excluding steroid dienone is 1. The van der Waals surface area contributed by atoms with Gasteiger partial charge in [-0.05, 0) is 30.9 Å². The van der Waals surface area contributed by atoms with Crippen molar-refractivity contribution >= 4 is 47.2 Å². The van der Waals surface area contributed by atoms with E-state index in [4.69, 9.17) is 0 Å². The quantitative estimate of drug-likeness (QED) is 0.306. The minimum Gasteiger partial charge on any atom is -0.477 e. The number of rotatable bonds is 7. The van der Waals surface area contributed by atoms with E-state index < -0.39 is 23.3 Å². The van der Waals surface area contributed by atoms with E-state index in [1.807, 2.05) is 4.90 Å². The molecule has 0 unspecified atom stereocenters. The number of fused-ring (bicyclic) bond motifs is 1. The van der Waals surface area contributed by atoms with Crippen molar-refractivity contribution < 1.29 is 24.3 Å². The maximum absolute atomic E-state index is 12.8. The number of carbonyl (C=O) groups excluding carboxylic acids is 3.